The maximum absolute atomic E-state index is 13.1. The predicted molar refractivity (Wildman–Crippen MR) is 108 cm³/mol. The van der Waals surface area contributed by atoms with Crippen molar-refractivity contribution in [2.24, 2.45) is 5.92 Å². The standard InChI is InChI=1S/C20H22ClFN2O3S/c1-14-9-11-24(12-10-14)20(25)18-13-17(7-8-19(18)21)28(26,27)23(2)16-5-3-15(22)4-6-16/h3-8,13-14H,9-12H2,1-2H3. The largest absolute Gasteiger partial charge is 0.339 e. The lowest BCUT2D eigenvalue weighted by Crippen LogP contribution is -2.38. The van der Waals surface area contributed by atoms with Gasteiger partial charge in [0, 0.05) is 20.1 Å². The van der Waals surface area contributed by atoms with Crippen LogP contribution in [0, 0.1) is 11.7 Å². The minimum Gasteiger partial charge on any atom is -0.339 e. The van der Waals surface area contributed by atoms with Crippen molar-refractivity contribution in [1.82, 2.24) is 4.90 Å². The fraction of sp³-hybridized carbons (Fsp3) is 0.350. The average Bonchev–Trinajstić information content (AvgIpc) is 2.68. The first-order valence-electron chi connectivity index (χ1n) is 9.03. The molecule has 1 aliphatic rings. The summed E-state index contributed by atoms with van der Waals surface area (Å²) in [4.78, 5) is 14.5. The summed E-state index contributed by atoms with van der Waals surface area (Å²) < 4.78 is 40.2. The van der Waals surface area contributed by atoms with Gasteiger partial charge in [0.1, 0.15) is 5.82 Å². The number of anilines is 1. The normalized spacial score (nSPS) is 15.5. The van der Waals surface area contributed by atoms with Crippen LogP contribution < -0.4 is 4.31 Å². The number of halogens is 2. The summed E-state index contributed by atoms with van der Waals surface area (Å²) in [6.45, 7) is 3.40. The Hall–Kier alpha value is -2.12. The molecule has 8 heteroatoms. The average molecular weight is 425 g/mol. The van der Waals surface area contributed by atoms with Gasteiger partial charge >= 0.3 is 0 Å². The second-order valence-electron chi connectivity index (χ2n) is 7.07. The van der Waals surface area contributed by atoms with Crippen LogP contribution in [0.5, 0.6) is 0 Å². The van der Waals surface area contributed by atoms with E-state index in [0.29, 0.717) is 24.7 Å². The molecule has 2 aromatic rings. The van der Waals surface area contributed by atoms with Crippen LogP contribution in [-0.4, -0.2) is 39.4 Å². The Morgan fingerprint density at radius 3 is 2.36 bits per heavy atom. The predicted octanol–water partition coefficient (Wildman–Crippen LogP) is 4.18. The highest BCUT2D eigenvalue weighted by atomic mass is 35.5. The van der Waals surface area contributed by atoms with E-state index in [4.69, 9.17) is 11.6 Å². The van der Waals surface area contributed by atoms with Crippen LogP contribution >= 0.6 is 11.6 Å². The molecule has 0 unspecified atom stereocenters. The molecule has 0 atom stereocenters. The van der Waals surface area contributed by atoms with Gasteiger partial charge in [-0.05, 0) is 61.2 Å². The number of nitrogens with zero attached hydrogens (tertiary/aromatic N) is 2. The summed E-state index contributed by atoms with van der Waals surface area (Å²) in [5.74, 6) is -0.154. The first kappa shape index (κ1) is 20.6. The van der Waals surface area contributed by atoms with E-state index < -0.39 is 15.8 Å². The fourth-order valence-corrected chi connectivity index (χ4v) is 4.58. The quantitative estimate of drug-likeness (QED) is 0.739. The number of benzene rings is 2. The number of hydrogen-bond donors (Lipinski definition) is 0. The molecule has 0 aliphatic carbocycles. The Morgan fingerprint density at radius 2 is 1.75 bits per heavy atom. The molecule has 1 heterocycles. The van der Waals surface area contributed by atoms with Crippen molar-refractivity contribution >= 4 is 33.2 Å². The Balaban J connectivity index is 1.91. The molecule has 1 fully saturated rings. The van der Waals surface area contributed by atoms with E-state index in [2.05, 4.69) is 6.92 Å². The van der Waals surface area contributed by atoms with E-state index in [-0.39, 0.29) is 21.4 Å². The molecule has 0 bridgehead atoms. The monoisotopic (exact) mass is 424 g/mol. The summed E-state index contributed by atoms with van der Waals surface area (Å²) in [7, 11) is -2.56. The molecule has 28 heavy (non-hydrogen) atoms. The zero-order valence-electron chi connectivity index (χ0n) is 15.7. The van der Waals surface area contributed by atoms with Crippen molar-refractivity contribution in [3.8, 4) is 0 Å². The highest BCUT2D eigenvalue weighted by Crippen LogP contribution is 2.28. The van der Waals surface area contributed by atoms with Gasteiger partial charge < -0.3 is 4.90 Å². The Morgan fingerprint density at radius 1 is 1.14 bits per heavy atom. The van der Waals surface area contributed by atoms with Gasteiger partial charge in [-0.3, -0.25) is 9.10 Å². The number of sulfonamides is 1. The van der Waals surface area contributed by atoms with Gasteiger partial charge in [-0.2, -0.15) is 0 Å². The van der Waals surface area contributed by atoms with Gasteiger partial charge in [-0.1, -0.05) is 18.5 Å². The van der Waals surface area contributed by atoms with Crippen molar-refractivity contribution in [1.29, 1.82) is 0 Å². The first-order chi connectivity index (χ1) is 13.2. The van der Waals surface area contributed by atoms with Crippen LogP contribution in [-0.2, 0) is 10.0 Å². The third kappa shape index (κ3) is 4.15. The summed E-state index contributed by atoms with van der Waals surface area (Å²) >= 11 is 6.21. The van der Waals surface area contributed by atoms with Crippen LogP contribution in [0.25, 0.3) is 0 Å². The molecule has 150 valence electrons. The summed E-state index contributed by atoms with van der Waals surface area (Å²) in [5, 5.41) is 0.215. The number of piperidine rings is 1. The van der Waals surface area contributed by atoms with Crippen molar-refractivity contribution in [2.45, 2.75) is 24.7 Å². The lowest BCUT2D eigenvalue weighted by Gasteiger charge is -2.30. The topological polar surface area (TPSA) is 57.7 Å². The highest BCUT2D eigenvalue weighted by Gasteiger charge is 2.27. The van der Waals surface area contributed by atoms with Crippen molar-refractivity contribution < 1.29 is 17.6 Å². The van der Waals surface area contributed by atoms with Crippen molar-refractivity contribution in [3.05, 3.63) is 58.9 Å². The lowest BCUT2D eigenvalue weighted by molar-refractivity contribution is 0.0697. The molecule has 1 saturated heterocycles. The number of rotatable bonds is 4. The van der Waals surface area contributed by atoms with Crippen molar-refractivity contribution in [3.63, 3.8) is 0 Å². The van der Waals surface area contributed by atoms with Gasteiger partial charge in [-0.25, -0.2) is 12.8 Å². The minimum absolute atomic E-state index is 0.0440. The van der Waals surface area contributed by atoms with E-state index in [9.17, 15) is 17.6 Å². The minimum atomic E-state index is -3.94. The maximum atomic E-state index is 13.1. The number of likely N-dealkylation sites (tertiary alicyclic amines) is 1. The zero-order valence-corrected chi connectivity index (χ0v) is 17.3. The van der Waals surface area contributed by atoms with Crippen molar-refractivity contribution in [2.75, 3.05) is 24.4 Å². The molecule has 0 saturated carbocycles. The van der Waals surface area contributed by atoms with E-state index in [0.717, 1.165) is 17.1 Å². The molecule has 2 aromatic carbocycles. The third-order valence-electron chi connectivity index (χ3n) is 5.09. The molecular weight excluding hydrogens is 403 g/mol. The van der Waals surface area contributed by atoms with E-state index >= 15 is 0 Å². The number of amides is 1. The second kappa shape index (κ2) is 8.09. The van der Waals surface area contributed by atoms with E-state index in [1.807, 2.05) is 0 Å². The molecule has 0 aromatic heterocycles. The number of carbonyl (C=O) groups is 1. The lowest BCUT2D eigenvalue weighted by atomic mass is 9.98. The molecule has 0 radical (unpaired) electrons. The third-order valence-corrected chi connectivity index (χ3v) is 7.20. The van der Waals surface area contributed by atoms with Gasteiger partial charge in [-0.15, -0.1) is 0 Å². The molecule has 1 aliphatic heterocycles. The fourth-order valence-electron chi connectivity index (χ4n) is 3.16. The Labute approximate surface area is 169 Å². The molecule has 3 rings (SSSR count). The van der Waals surface area contributed by atoms with Crippen LogP contribution in [0.15, 0.2) is 47.4 Å². The van der Waals surface area contributed by atoms with Gasteiger partial charge in [0.25, 0.3) is 15.9 Å². The second-order valence-corrected chi connectivity index (χ2v) is 9.44. The number of hydrogen-bond acceptors (Lipinski definition) is 3. The Bertz CT molecular complexity index is 971. The smallest absolute Gasteiger partial charge is 0.264 e. The molecule has 0 N–H and O–H groups in total. The first-order valence-corrected chi connectivity index (χ1v) is 10.9. The summed E-state index contributed by atoms with van der Waals surface area (Å²) in [6.07, 6.45) is 1.82. The molecule has 5 nitrogen and oxygen atoms in total. The SMILES string of the molecule is CC1CCN(C(=O)c2cc(S(=O)(=O)N(C)c3ccc(F)cc3)ccc2Cl)CC1. The Kier molecular flexibility index (Phi) is 5.95. The van der Waals surface area contributed by atoms with E-state index in [1.54, 1.807) is 4.90 Å². The van der Waals surface area contributed by atoms with Crippen LogP contribution in [0.4, 0.5) is 10.1 Å². The van der Waals surface area contributed by atoms with Gasteiger partial charge in [0.05, 0.1) is 21.2 Å². The molecule has 1 amide bonds. The zero-order chi connectivity index (χ0) is 20.5. The van der Waals surface area contributed by atoms with Gasteiger partial charge in [0.2, 0.25) is 0 Å². The molecular formula is C20H22ClFN2O3S. The number of carbonyl (C=O) groups excluding carboxylic acids is 1. The summed E-state index contributed by atoms with van der Waals surface area (Å²) in [6, 6.07) is 9.25. The van der Waals surface area contributed by atoms with Crippen LogP contribution in [0.2, 0.25) is 5.02 Å². The summed E-state index contributed by atoms with van der Waals surface area (Å²) in [5.41, 5.74) is 0.485. The maximum Gasteiger partial charge on any atom is 0.264 e. The van der Waals surface area contributed by atoms with E-state index in [1.165, 1.54) is 49.5 Å². The van der Waals surface area contributed by atoms with Crippen LogP contribution in [0.3, 0.4) is 0 Å². The molecule has 0 spiro atoms. The highest BCUT2D eigenvalue weighted by molar-refractivity contribution is 7.92. The van der Waals surface area contributed by atoms with Crippen LogP contribution in [0.1, 0.15) is 30.1 Å². The van der Waals surface area contributed by atoms with Gasteiger partial charge in [0.15, 0.2) is 0 Å².